The van der Waals surface area contributed by atoms with Crippen LogP contribution in [0.5, 0.6) is 0 Å². The molecule has 1 aromatic heterocycles. The number of carbonyl (C=O) groups excluding carboxylic acids is 1. The van der Waals surface area contributed by atoms with E-state index in [9.17, 15) is 4.79 Å². The van der Waals surface area contributed by atoms with E-state index in [0.29, 0.717) is 6.54 Å². The monoisotopic (exact) mass is 286 g/mol. The number of aromatic nitrogens is 2. The number of aryl methyl sites for hydroxylation is 1. The number of hydrogen-bond donors (Lipinski definition) is 1. The first-order chi connectivity index (χ1) is 10.1. The van der Waals surface area contributed by atoms with Gasteiger partial charge in [-0.2, -0.15) is 5.10 Å². The van der Waals surface area contributed by atoms with E-state index in [1.165, 1.54) is 5.56 Å². The van der Waals surface area contributed by atoms with Gasteiger partial charge in [-0.15, -0.1) is 0 Å². The highest BCUT2D eigenvalue weighted by atomic mass is 16.2. The zero-order chi connectivity index (χ0) is 15.2. The minimum atomic E-state index is -0.179. The molecule has 1 unspecified atom stereocenters. The molecule has 0 fully saturated rings. The third kappa shape index (κ3) is 4.43. The Morgan fingerprint density at radius 3 is 2.67 bits per heavy atom. The molecule has 0 saturated carbocycles. The molecule has 0 aliphatic carbocycles. The first kappa shape index (κ1) is 15.3. The molecule has 0 spiro atoms. The molecule has 2 rings (SSSR count). The molecule has 0 radical (unpaired) electrons. The van der Waals surface area contributed by atoms with Gasteiger partial charge >= 0.3 is 0 Å². The van der Waals surface area contributed by atoms with Crippen LogP contribution in [-0.4, -0.2) is 33.7 Å². The van der Waals surface area contributed by atoms with E-state index in [0.717, 1.165) is 12.1 Å². The average Bonchev–Trinajstić information content (AvgIpc) is 2.90. The first-order valence-corrected chi connectivity index (χ1v) is 7.05. The van der Waals surface area contributed by atoms with Crippen LogP contribution in [0.15, 0.2) is 42.7 Å². The normalized spacial score (nSPS) is 12.4. The summed E-state index contributed by atoms with van der Waals surface area (Å²) >= 11 is 0. The van der Waals surface area contributed by atoms with Gasteiger partial charge in [0.05, 0.1) is 12.2 Å². The third-order valence-corrected chi connectivity index (χ3v) is 3.54. The molecule has 112 valence electrons. The molecule has 2 aromatic rings. The Morgan fingerprint density at radius 2 is 2.05 bits per heavy atom. The summed E-state index contributed by atoms with van der Waals surface area (Å²) < 4.78 is 1.73. The number of rotatable bonds is 6. The van der Waals surface area contributed by atoms with Crippen molar-refractivity contribution in [1.82, 2.24) is 20.0 Å². The van der Waals surface area contributed by atoms with E-state index in [1.54, 1.807) is 10.9 Å². The largest absolute Gasteiger partial charge is 0.351 e. The van der Waals surface area contributed by atoms with Crippen molar-refractivity contribution < 1.29 is 4.79 Å². The molecule has 0 aliphatic heterocycles. The summed E-state index contributed by atoms with van der Waals surface area (Å²) in [6, 6.07) is 9.97. The van der Waals surface area contributed by atoms with Crippen molar-refractivity contribution in [1.29, 1.82) is 0 Å². The summed E-state index contributed by atoms with van der Waals surface area (Å²) in [6.07, 6.45) is 3.66. The standard InChI is InChI=1S/C16H22N4O/c1-13(19(2)11-14-7-5-4-6-8-14)16(21)17-9-15-10-18-20(3)12-15/h4-8,10,12-13H,9,11H2,1-3H3,(H,17,21). The molecule has 1 amide bonds. The smallest absolute Gasteiger partial charge is 0.237 e. The van der Waals surface area contributed by atoms with Crippen LogP contribution < -0.4 is 5.32 Å². The average molecular weight is 286 g/mol. The Labute approximate surface area is 125 Å². The van der Waals surface area contributed by atoms with Gasteiger partial charge in [-0.3, -0.25) is 14.4 Å². The van der Waals surface area contributed by atoms with Crippen LogP contribution in [0.3, 0.4) is 0 Å². The third-order valence-electron chi connectivity index (χ3n) is 3.54. The lowest BCUT2D eigenvalue weighted by atomic mass is 10.2. The summed E-state index contributed by atoms with van der Waals surface area (Å²) in [4.78, 5) is 14.2. The van der Waals surface area contributed by atoms with Crippen LogP contribution in [0, 0.1) is 0 Å². The summed E-state index contributed by atoms with van der Waals surface area (Å²) in [5, 5.41) is 7.03. The SMILES string of the molecule is CC(C(=O)NCc1cnn(C)c1)N(C)Cc1ccccc1. The van der Waals surface area contributed by atoms with Crippen molar-refractivity contribution in [3.8, 4) is 0 Å². The number of nitrogens with one attached hydrogen (secondary N) is 1. The molecule has 1 aromatic carbocycles. The van der Waals surface area contributed by atoms with Gasteiger partial charge in [0.15, 0.2) is 0 Å². The van der Waals surface area contributed by atoms with Crippen molar-refractivity contribution in [3.63, 3.8) is 0 Å². The Balaban J connectivity index is 1.83. The van der Waals surface area contributed by atoms with E-state index >= 15 is 0 Å². The van der Waals surface area contributed by atoms with Gasteiger partial charge in [0.25, 0.3) is 0 Å². The number of benzene rings is 1. The minimum absolute atomic E-state index is 0.0253. The van der Waals surface area contributed by atoms with Crippen LogP contribution in [-0.2, 0) is 24.9 Å². The lowest BCUT2D eigenvalue weighted by Crippen LogP contribution is -2.42. The van der Waals surface area contributed by atoms with Gasteiger partial charge in [-0.05, 0) is 19.5 Å². The summed E-state index contributed by atoms with van der Waals surface area (Å²) in [7, 11) is 3.82. The van der Waals surface area contributed by atoms with E-state index < -0.39 is 0 Å². The molecular formula is C16H22N4O. The van der Waals surface area contributed by atoms with Gasteiger partial charge in [-0.1, -0.05) is 30.3 Å². The lowest BCUT2D eigenvalue weighted by molar-refractivity contribution is -0.125. The molecule has 1 atom stereocenters. The molecule has 0 aliphatic rings. The molecule has 1 N–H and O–H groups in total. The van der Waals surface area contributed by atoms with E-state index in [2.05, 4.69) is 22.5 Å². The van der Waals surface area contributed by atoms with Gasteiger partial charge in [-0.25, -0.2) is 0 Å². The van der Waals surface area contributed by atoms with Crippen LogP contribution in [0.25, 0.3) is 0 Å². The summed E-state index contributed by atoms with van der Waals surface area (Å²) in [6.45, 7) is 3.18. The molecule has 5 heteroatoms. The van der Waals surface area contributed by atoms with Crippen molar-refractivity contribution >= 4 is 5.91 Å². The van der Waals surface area contributed by atoms with Gasteiger partial charge in [0.1, 0.15) is 0 Å². The number of carbonyl (C=O) groups is 1. The summed E-state index contributed by atoms with van der Waals surface area (Å²) in [5.74, 6) is 0.0253. The molecule has 5 nitrogen and oxygen atoms in total. The number of likely N-dealkylation sites (N-methyl/N-ethyl adjacent to an activating group) is 1. The van der Waals surface area contributed by atoms with E-state index in [4.69, 9.17) is 0 Å². The van der Waals surface area contributed by atoms with Crippen molar-refractivity contribution in [3.05, 3.63) is 53.9 Å². The second-order valence-electron chi connectivity index (χ2n) is 5.32. The van der Waals surface area contributed by atoms with Gasteiger partial charge in [0, 0.05) is 31.9 Å². The zero-order valence-corrected chi connectivity index (χ0v) is 12.8. The quantitative estimate of drug-likeness (QED) is 0.876. The Kier molecular flexibility index (Phi) is 5.11. The second-order valence-corrected chi connectivity index (χ2v) is 5.32. The maximum atomic E-state index is 12.2. The van der Waals surface area contributed by atoms with E-state index in [-0.39, 0.29) is 11.9 Å². The van der Waals surface area contributed by atoms with E-state index in [1.807, 2.05) is 50.3 Å². The van der Waals surface area contributed by atoms with Crippen molar-refractivity contribution in [2.75, 3.05) is 7.05 Å². The fourth-order valence-corrected chi connectivity index (χ4v) is 2.11. The fraction of sp³-hybridized carbons (Fsp3) is 0.375. The summed E-state index contributed by atoms with van der Waals surface area (Å²) in [5.41, 5.74) is 2.20. The highest BCUT2D eigenvalue weighted by Gasteiger charge is 2.17. The lowest BCUT2D eigenvalue weighted by Gasteiger charge is -2.23. The highest BCUT2D eigenvalue weighted by molar-refractivity contribution is 5.81. The van der Waals surface area contributed by atoms with Crippen LogP contribution in [0.4, 0.5) is 0 Å². The van der Waals surface area contributed by atoms with Crippen molar-refractivity contribution in [2.45, 2.75) is 26.1 Å². The highest BCUT2D eigenvalue weighted by Crippen LogP contribution is 2.06. The van der Waals surface area contributed by atoms with Gasteiger partial charge < -0.3 is 5.32 Å². The zero-order valence-electron chi connectivity index (χ0n) is 12.8. The van der Waals surface area contributed by atoms with Crippen LogP contribution >= 0.6 is 0 Å². The predicted octanol–water partition coefficient (Wildman–Crippen LogP) is 1.56. The van der Waals surface area contributed by atoms with Gasteiger partial charge in [0.2, 0.25) is 5.91 Å². The second kappa shape index (κ2) is 7.04. The van der Waals surface area contributed by atoms with Crippen LogP contribution in [0.2, 0.25) is 0 Å². The first-order valence-electron chi connectivity index (χ1n) is 7.05. The minimum Gasteiger partial charge on any atom is -0.351 e. The maximum Gasteiger partial charge on any atom is 0.237 e. The van der Waals surface area contributed by atoms with Crippen molar-refractivity contribution in [2.24, 2.45) is 7.05 Å². The predicted molar refractivity (Wildman–Crippen MR) is 82.4 cm³/mol. The Hall–Kier alpha value is -2.14. The number of amides is 1. The number of nitrogens with zero attached hydrogens (tertiary/aromatic N) is 3. The molecule has 0 bridgehead atoms. The molecular weight excluding hydrogens is 264 g/mol. The molecule has 21 heavy (non-hydrogen) atoms. The topological polar surface area (TPSA) is 50.2 Å². The number of hydrogen-bond acceptors (Lipinski definition) is 3. The molecule has 0 saturated heterocycles. The Bertz CT molecular complexity index is 579. The Morgan fingerprint density at radius 1 is 1.33 bits per heavy atom. The van der Waals surface area contributed by atoms with Crippen LogP contribution in [0.1, 0.15) is 18.1 Å². The fourth-order valence-electron chi connectivity index (χ4n) is 2.11. The maximum absolute atomic E-state index is 12.2. The molecule has 1 heterocycles.